The number of halogens is 2. The number of esters is 1. The molecule has 0 spiro atoms. The van der Waals surface area contributed by atoms with Gasteiger partial charge in [0.2, 0.25) is 23.0 Å². The Morgan fingerprint density at radius 1 is 0.915 bits per heavy atom. The van der Waals surface area contributed by atoms with E-state index < -0.39 is 101 Å². The van der Waals surface area contributed by atoms with Crippen LogP contribution in [0.4, 0.5) is 8.78 Å². The third-order valence-electron chi connectivity index (χ3n) is 15.1. The van der Waals surface area contributed by atoms with Gasteiger partial charge in [-0.25, -0.2) is 22.5 Å². The summed E-state index contributed by atoms with van der Waals surface area (Å²) < 4.78 is 80.9. The number of carbonyl (C=O) groups excluding carboxylic acids is 5. The largest absolute Gasteiger partial charge is 0.460 e. The summed E-state index contributed by atoms with van der Waals surface area (Å²) >= 11 is -2.45. The molecule has 0 radical (unpaired) electrons. The molecule has 4 rings (SSSR count). The monoisotopic (exact) mass is 1030 g/mol. The number of nitrogens with one attached hydrogen (secondary N) is 1. The third kappa shape index (κ3) is 16.8. The molecule has 0 aromatic heterocycles. The highest BCUT2D eigenvalue weighted by molar-refractivity contribution is 7.77. The number of hydrogen-bond acceptors (Lipinski definition) is 13. The molecule has 1 amide bonds. The van der Waals surface area contributed by atoms with E-state index in [1.54, 1.807) is 72.1 Å². The first-order valence-electron chi connectivity index (χ1n) is 25.1. The Morgan fingerprint density at radius 3 is 2.24 bits per heavy atom. The van der Waals surface area contributed by atoms with Gasteiger partial charge in [-0.05, 0) is 102 Å². The van der Waals surface area contributed by atoms with Gasteiger partial charge < -0.3 is 38.8 Å². The number of ether oxygens (including phenoxy) is 5. The number of carbonyl (C=O) groups is 5. The minimum Gasteiger partial charge on any atom is -0.460 e. The van der Waals surface area contributed by atoms with E-state index >= 15 is 0 Å². The Kier molecular flexibility index (Phi) is 23.1. The lowest BCUT2D eigenvalue weighted by atomic mass is 9.78. The standard InChI is InChI=1S/C52H80F2N2O14S/c1-30-16-14-12-11-13-15-17-31(2)45(58)47(67-10)46(59)34(5)22-32(3)41(57)26-43(33(4)23-37-19-21-42(44(24-37)66-9)68-29-38-27-51(53,54)28-38)69-50(62)36(7)56(8)49(61)48(60)52(63)35(6)18-20-39(70-52)25-40(30)55-71(64)65/h11-14,16,22,31-33,35-40,42-44,46-47,55,59,63H,15,17-21,23-29H2,1-10H3,(H,64,65)/b13-11-,14-12-,30-16-,34-22-/t31?,32?,33-,35+,36?,37+,39-,40?,42-,43?,44-,46?,47?,52+/m1/s1. The van der Waals surface area contributed by atoms with Gasteiger partial charge in [0.05, 0.1) is 24.9 Å². The summed E-state index contributed by atoms with van der Waals surface area (Å²) in [5.41, 5.74) is 0.963. The van der Waals surface area contributed by atoms with Crippen molar-refractivity contribution < 1.29 is 75.4 Å². The van der Waals surface area contributed by atoms with Gasteiger partial charge in [-0.2, -0.15) is 0 Å². The van der Waals surface area contributed by atoms with E-state index in [1.165, 1.54) is 21.1 Å². The molecule has 8 unspecified atom stereocenters. The summed E-state index contributed by atoms with van der Waals surface area (Å²) in [7, 11) is 4.13. The summed E-state index contributed by atoms with van der Waals surface area (Å²) in [4.78, 5) is 70.6. The van der Waals surface area contributed by atoms with Gasteiger partial charge in [-0.15, -0.1) is 0 Å². The number of hydrogen-bond donors (Lipinski definition) is 4. The molecule has 16 nitrogen and oxygen atoms in total. The molecule has 19 heteroatoms. The van der Waals surface area contributed by atoms with E-state index in [-0.39, 0.29) is 74.3 Å². The molecule has 402 valence electrons. The Labute approximate surface area is 421 Å². The van der Waals surface area contributed by atoms with Crippen LogP contribution >= 0.6 is 0 Å². The Morgan fingerprint density at radius 2 is 1.61 bits per heavy atom. The number of Topliss-reactive ketones (excluding diaryl/α,β-unsaturated/α-hetero) is 3. The fraction of sp³-hybridized carbons (Fsp3) is 0.750. The van der Waals surface area contributed by atoms with Crippen molar-refractivity contribution in [1.82, 2.24) is 9.62 Å². The molecular weight excluding hydrogens is 947 g/mol. The van der Waals surface area contributed by atoms with Crippen LogP contribution < -0.4 is 4.72 Å². The minimum absolute atomic E-state index is 0.0397. The number of likely N-dealkylation sites (N-methyl/N-ethyl adjacent to an activating group) is 1. The van der Waals surface area contributed by atoms with Crippen LogP contribution in [0, 0.1) is 35.5 Å². The maximum atomic E-state index is 14.1. The smallest absolute Gasteiger partial charge is 0.328 e. The fourth-order valence-electron chi connectivity index (χ4n) is 10.1. The summed E-state index contributed by atoms with van der Waals surface area (Å²) in [6.07, 6.45) is 8.75. The van der Waals surface area contributed by atoms with E-state index in [9.17, 15) is 51.7 Å². The van der Waals surface area contributed by atoms with Crippen molar-refractivity contribution in [2.45, 2.75) is 186 Å². The average molecular weight is 1030 g/mol. The number of ketones is 3. The number of aliphatic hydroxyl groups excluding tert-OH is 1. The van der Waals surface area contributed by atoms with Crippen molar-refractivity contribution in [2.24, 2.45) is 35.5 Å². The van der Waals surface area contributed by atoms with Crippen LogP contribution in [-0.4, -0.2) is 141 Å². The highest BCUT2D eigenvalue weighted by Crippen LogP contribution is 2.43. The van der Waals surface area contributed by atoms with Crippen LogP contribution in [0.25, 0.3) is 0 Å². The summed E-state index contributed by atoms with van der Waals surface area (Å²) in [6, 6.07) is -2.13. The first-order chi connectivity index (χ1) is 33.3. The SMILES string of the molecule is COC1C(=O)C(C)CC\C=C/C=C\C=C(\C)C(NS(=O)O)C[C@H]2CC[C@H](C)[C@](O)(O2)C(=O)C(=O)N(C)C(C)C(=O)OC([C@H](C)C[C@@H]2CC[C@@H](OCC3CC(F)(F)C3)[C@H](OC)C2)CC(=O)C(C)/C=C(/C)C1O. The maximum absolute atomic E-state index is 14.1. The van der Waals surface area contributed by atoms with Gasteiger partial charge in [0.25, 0.3) is 11.7 Å². The molecule has 0 aromatic carbocycles. The molecule has 2 heterocycles. The van der Waals surface area contributed by atoms with Crippen molar-refractivity contribution in [3.05, 3.63) is 47.6 Å². The number of nitrogens with zero attached hydrogens (tertiary/aromatic N) is 1. The van der Waals surface area contributed by atoms with Crippen LogP contribution in [-0.2, 0) is 58.9 Å². The van der Waals surface area contributed by atoms with Crippen molar-refractivity contribution in [2.75, 3.05) is 27.9 Å². The Balaban J connectivity index is 1.63. The van der Waals surface area contributed by atoms with Crippen LogP contribution in [0.1, 0.15) is 126 Å². The number of methoxy groups -OCH3 is 2. The predicted molar refractivity (Wildman–Crippen MR) is 262 cm³/mol. The van der Waals surface area contributed by atoms with Crippen LogP contribution in [0.2, 0.25) is 0 Å². The summed E-state index contributed by atoms with van der Waals surface area (Å²) in [6.45, 7) is 11.7. The fourth-order valence-corrected chi connectivity index (χ4v) is 10.6. The minimum atomic E-state index is -2.65. The predicted octanol–water partition coefficient (Wildman–Crippen LogP) is 6.55. The molecule has 15 atom stereocenters. The van der Waals surface area contributed by atoms with E-state index in [0.717, 1.165) is 4.90 Å². The number of allylic oxidation sites excluding steroid dienone is 6. The first-order valence-corrected chi connectivity index (χ1v) is 26.2. The lowest BCUT2D eigenvalue weighted by Crippen LogP contribution is -2.59. The van der Waals surface area contributed by atoms with Gasteiger partial charge in [-0.3, -0.25) is 23.7 Å². The van der Waals surface area contributed by atoms with E-state index in [0.29, 0.717) is 56.1 Å². The van der Waals surface area contributed by atoms with Crippen molar-refractivity contribution in [1.29, 1.82) is 0 Å². The number of amides is 1. The number of rotatable bonds is 10. The van der Waals surface area contributed by atoms with Crippen LogP contribution in [0.5, 0.6) is 0 Å². The third-order valence-corrected chi connectivity index (χ3v) is 15.6. The zero-order chi connectivity index (χ0) is 53.0. The van der Waals surface area contributed by atoms with E-state index in [1.807, 2.05) is 13.0 Å². The van der Waals surface area contributed by atoms with Crippen LogP contribution in [0.15, 0.2) is 47.6 Å². The van der Waals surface area contributed by atoms with Gasteiger partial charge in [0.15, 0.2) is 5.78 Å². The Bertz CT molecular complexity index is 1990. The lowest BCUT2D eigenvalue weighted by Gasteiger charge is -2.41. The van der Waals surface area contributed by atoms with E-state index in [2.05, 4.69) is 4.72 Å². The summed E-state index contributed by atoms with van der Waals surface area (Å²) in [5.74, 6) is -12.1. The topological polar surface area (TPSA) is 225 Å². The van der Waals surface area contributed by atoms with Gasteiger partial charge in [0.1, 0.15) is 30.1 Å². The van der Waals surface area contributed by atoms with Gasteiger partial charge >= 0.3 is 5.97 Å². The maximum Gasteiger partial charge on any atom is 0.328 e. The number of cyclic esters (lactones) is 1. The van der Waals surface area contributed by atoms with Gasteiger partial charge in [-0.1, -0.05) is 69.7 Å². The molecule has 2 aliphatic carbocycles. The molecule has 2 aliphatic heterocycles. The first kappa shape index (κ1) is 60.2. The second-order valence-electron chi connectivity index (χ2n) is 20.7. The number of alkyl halides is 2. The molecule has 0 aromatic rings. The molecule has 4 aliphatic rings. The van der Waals surface area contributed by atoms with Gasteiger partial charge in [0, 0.05) is 64.3 Å². The number of fused-ring (bicyclic) bond motifs is 2. The molecule has 2 bridgehead atoms. The van der Waals surface area contributed by atoms with Crippen molar-refractivity contribution in [3.8, 4) is 0 Å². The average Bonchev–Trinajstić information content (AvgIpc) is 3.31. The summed E-state index contributed by atoms with van der Waals surface area (Å²) in [5, 5.41) is 23.2. The van der Waals surface area contributed by atoms with E-state index in [4.69, 9.17) is 23.7 Å². The molecule has 2 saturated carbocycles. The molecule has 4 N–H and O–H groups in total. The molecule has 3 fully saturated rings. The second kappa shape index (κ2) is 27.2. The number of aliphatic hydroxyl groups is 2. The highest BCUT2D eigenvalue weighted by atomic mass is 32.2. The zero-order valence-electron chi connectivity index (χ0n) is 43.2. The molecule has 71 heavy (non-hydrogen) atoms. The normalized spacial score (nSPS) is 38.5. The zero-order valence-corrected chi connectivity index (χ0v) is 44.0. The van der Waals surface area contributed by atoms with Crippen molar-refractivity contribution >= 4 is 40.5 Å². The lowest BCUT2D eigenvalue weighted by molar-refractivity contribution is -0.263. The molecule has 1 saturated heterocycles. The Hall–Kier alpha value is -3.40. The van der Waals surface area contributed by atoms with Crippen molar-refractivity contribution in [3.63, 3.8) is 0 Å². The highest BCUT2D eigenvalue weighted by Gasteiger charge is 2.52. The quantitative estimate of drug-likeness (QED) is 0.0789. The molecular formula is C52H80F2N2O14S. The van der Waals surface area contributed by atoms with Crippen LogP contribution in [0.3, 0.4) is 0 Å². The second-order valence-corrected chi connectivity index (χ2v) is 21.4.